The highest BCUT2D eigenvalue weighted by molar-refractivity contribution is 5.69. The van der Waals surface area contributed by atoms with Gasteiger partial charge in [-0.1, -0.05) is 19.6 Å². The Morgan fingerprint density at radius 3 is 2.70 bits per heavy atom. The first kappa shape index (κ1) is 21.6. The number of hydrogen-bond acceptors (Lipinski definition) is 6. The van der Waals surface area contributed by atoms with Gasteiger partial charge in [0.25, 0.3) is 5.88 Å². The summed E-state index contributed by atoms with van der Waals surface area (Å²) in [5, 5.41) is 2.43. The number of alkyl halides is 3. The Bertz CT molecular complexity index is 1050. The topological polar surface area (TPSA) is 73.6 Å². The third-order valence-corrected chi connectivity index (χ3v) is 4.28. The maximum atomic E-state index is 13.5. The van der Waals surface area contributed by atoms with Crippen LogP contribution in [0.1, 0.15) is 24.4 Å². The highest BCUT2D eigenvalue weighted by atomic mass is 19.4. The first-order valence-corrected chi connectivity index (χ1v) is 9.22. The van der Waals surface area contributed by atoms with Crippen LogP contribution in [-0.2, 0) is 0 Å². The molecule has 0 amide bonds. The smallest absolute Gasteiger partial charge is 0.409 e. The molecule has 0 aliphatic heterocycles. The molecule has 0 saturated heterocycles. The molecule has 3 aromatic heterocycles. The van der Waals surface area contributed by atoms with Crippen molar-refractivity contribution in [3.8, 4) is 22.9 Å². The maximum Gasteiger partial charge on any atom is 0.409 e. The normalized spacial score (nSPS) is 12.7. The van der Waals surface area contributed by atoms with E-state index < -0.39 is 12.2 Å². The van der Waals surface area contributed by atoms with Crippen molar-refractivity contribution in [2.24, 2.45) is 0 Å². The number of halogens is 3. The van der Waals surface area contributed by atoms with Gasteiger partial charge in [0.15, 0.2) is 0 Å². The van der Waals surface area contributed by atoms with Gasteiger partial charge in [-0.25, -0.2) is 9.97 Å². The monoisotopic (exact) mass is 421 g/mol. The molecule has 0 bridgehead atoms. The van der Waals surface area contributed by atoms with Gasteiger partial charge in [0.1, 0.15) is 18.4 Å². The van der Waals surface area contributed by atoms with Gasteiger partial charge in [-0.3, -0.25) is 4.98 Å². The number of nitrogens with one attached hydrogen (secondary N) is 1. The van der Waals surface area contributed by atoms with Crippen LogP contribution in [0, 0.1) is 6.92 Å². The van der Waals surface area contributed by atoms with E-state index in [-0.39, 0.29) is 30.5 Å². The Morgan fingerprint density at radius 2 is 2.07 bits per heavy atom. The Hall–Kier alpha value is -3.14. The Labute approximate surface area is 171 Å². The predicted molar refractivity (Wildman–Crippen MR) is 106 cm³/mol. The molecule has 1 N–H and O–H groups in total. The third kappa shape index (κ3) is 4.38. The summed E-state index contributed by atoms with van der Waals surface area (Å²) < 4.78 is 53.3. The number of nitrogens with zero attached hydrogens (tertiary/aromatic N) is 4. The maximum absolute atomic E-state index is 13.5. The van der Waals surface area contributed by atoms with E-state index in [9.17, 15) is 13.2 Å². The van der Waals surface area contributed by atoms with Gasteiger partial charge in [-0.15, -0.1) is 0 Å². The number of hydrogen-bond donors (Lipinski definition) is 1. The first-order valence-electron chi connectivity index (χ1n) is 9.22. The average Bonchev–Trinajstić information content (AvgIpc) is 3.09. The first-order chi connectivity index (χ1) is 14.3. The zero-order chi connectivity index (χ0) is 21.9. The molecule has 160 valence electrons. The molecular formula is C20H22F3N5O2. The molecule has 0 saturated carbocycles. The van der Waals surface area contributed by atoms with Gasteiger partial charge in [-0.05, 0) is 19.5 Å². The van der Waals surface area contributed by atoms with Crippen molar-refractivity contribution in [1.82, 2.24) is 24.7 Å². The minimum Gasteiger partial charge on any atom is -0.494 e. The van der Waals surface area contributed by atoms with Crippen molar-refractivity contribution >= 4 is 5.65 Å². The van der Waals surface area contributed by atoms with Crippen LogP contribution in [0.4, 0.5) is 13.2 Å². The average molecular weight is 421 g/mol. The molecule has 0 aliphatic rings. The lowest BCUT2D eigenvalue weighted by molar-refractivity contribution is -0.158. The lowest BCUT2D eigenvalue weighted by atomic mass is 10.1. The number of rotatable bonds is 8. The van der Waals surface area contributed by atoms with Gasteiger partial charge in [0.05, 0.1) is 30.4 Å². The molecule has 3 rings (SSSR count). The SMILES string of the molecule is C=CCOc1nc(-c2cc(C(NCC)C(F)(F)F)ncc2OC)cn2cc(C)nc12. The Balaban J connectivity index is 2.18. The Morgan fingerprint density at radius 1 is 1.30 bits per heavy atom. The number of aromatic nitrogens is 4. The molecule has 30 heavy (non-hydrogen) atoms. The van der Waals surface area contributed by atoms with E-state index in [0.29, 0.717) is 16.9 Å². The molecule has 1 unspecified atom stereocenters. The largest absolute Gasteiger partial charge is 0.494 e. The summed E-state index contributed by atoms with van der Waals surface area (Å²) in [5.74, 6) is 0.523. The number of methoxy groups -OCH3 is 1. The molecule has 0 aliphatic carbocycles. The molecule has 0 spiro atoms. The van der Waals surface area contributed by atoms with Crippen LogP contribution in [-0.4, -0.2) is 45.8 Å². The van der Waals surface area contributed by atoms with Crippen molar-refractivity contribution in [2.45, 2.75) is 26.1 Å². The van der Waals surface area contributed by atoms with E-state index in [4.69, 9.17) is 9.47 Å². The summed E-state index contributed by atoms with van der Waals surface area (Å²) in [5.41, 5.74) is 1.76. The zero-order valence-corrected chi connectivity index (χ0v) is 16.8. The predicted octanol–water partition coefficient (Wildman–Crippen LogP) is 3.89. The van der Waals surface area contributed by atoms with Crippen molar-refractivity contribution < 1.29 is 22.6 Å². The lowest BCUT2D eigenvalue weighted by Gasteiger charge is -2.21. The standard InChI is InChI=1S/C20H22F3N5O2/c1-5-7-30-19-18-26-12(3)10-28(18)11-15(27-19)13-8-14(25-9-16(13)29-4)17(24-6-2)20(21,22)23/h5,8-11,17,24H,1,6-7H2,2-4H3. The van der Waals surface area contributed by atoms with Crippen LogP contribution in [0.25, 0.3) is 16.9 Å². The summed E-state index contributed by atoms with van der Waals surface area (Å²) in [6.45, 7) is 7.37. The van der Waals surface area contributed by atoms with Crippen LogP contribution in [0.3, 0.4) is 0 Å². The van der Waals surface area contributed by atoms with Gasteiger partial charge in [-0.2, -0.15) is 13.2 Å². The highest BCUT2D eigenvalue weighted by Gasteiger charge is 2.41. The minimum atomic E-state index is -4.51. The van der Waals surface area contributed by atoms with E-state index in [0.717, 1.165) is 5.69 Å². The summed E-state index contributed by atoms with van der Waals surface area (Å²) >= 11 is 0. The molecule has 0 aromatic carbocycles. The van der Waals surface area contributed by atoms with E-state index in [1.165, 1.54) is 19.4 Å². The molecule has 0 fully saturated rings. The molecule has 3 aromatic rings. The quantitative estimate of drug-likeness (QED) is 0.557. The number of ether oxygens (including phenoxy) is 2. The van der Waals surface area contributed by atoms with Gasteiger partial charge >= 0.3 is 6.18 Å². The number of fused-ring (bicyclic) bond motifs is 1. The van der Waals surface area contributed by atoms with Crippen molar-refractivity contribution in [3.05, 3.63) is 48.7 Å². The van der Waals surface area contributed by atoms with Crippen molar-refractivity contribution in [3.63, 3.8) is 0 Å². The van der Waals surface area contributed by atoms with Crippen LogP contribution in [0.5, 0.6) is 11.6 Å². The fourth-order valence-electron chi connectivity index (χ4n) is 3.03. The second-order valence-corrected chi connectivity index (χ2v) is 6.49. The van der Waals surface area contributed by atoms with Crippen molar-refractivity contribution in [1.29, 1.82) is 0 Å². The molecule has 7 nitrogen and oxygen atoms in total. The number of aryl methyl sites for hydroxylation is 1. The summed E-state index contributed by atoms with van der Waals surface area (Å²) in [4.78, 5) is 12.8. The second kappa shape index (κ2) is 8.70. The molecule has 10 heteroatoms. The molecule has 1 atom stereocenters. The summed E-state index contributed by atoms with van der Waals surface area (Å²) in [6.07, 6.45) is 1.75. The fourth-order valence-corrected chi connectivity index (χ4v) is 3.03. The zero-order valence-electron chi connectivity index (χ0n) is 16.8. The Kier molecular flexibility index (Phi) is 6.25. The molecule has 3 heterocycles. The highest BCUT2D eigenvalue weighted by Crippen LogP contribution is 2.36. The van der Waals surface area contributed by atoms with Gasteiger partial charge in [0, 0.05) is 18.0 Å². The van der Waals surface area contributed by atoms with Crippen LogP contribution in [0.2, 0.25) is 0 Å². The fraction of sp³-hybridized carbons (Fsp3) is 0.350. The van der Waals surface area contributed by atoms with E-state index in [1.54, 1.807) is 29.8 Å². The lowest BCUT2D eigenvalue weighted by Crippen LogP contribution is -2.34. The van der Waals surface area contributed by atoms with E-state index >= 15 is 0 Å². The van der Waals surface area contributed by atoms with E-state index in [2.05, 4.69) is 26.8 Å². The molecule has 0 radical (unpaired) electrons. The number of pyridine rings is 1. The second-order valence-electron chi connectivity index (χ2n) is 6.49. The minimum absolute atomic E-state index is 0.130. The van der Waals surface area contributed by atoms with Crippen LogP contribution < -0.4 is 14.8 Å². The van der Waals surface area contributed by atoms with Crippen LogP contribution in [0.15, 0.2) is 37.3 Å². The summed E-state index contributed by atoms with van der Waals surface area (Å²) in [6, 6.07) is -0.586. The van der Waals surface area contributed by atoms with Gasteiger partial charge in [0.2, 0.25) is 5.65 Å². The van der Waals surface area contributed by atoms with Crippen molar-refractivity contribution in [2.75, 3.05) is 20.3 Å². The summed E-state index contributed by atoms with van der Waals surface area (Å²) in [7, 11) is 1.42. The van der Waals surface area contributed by atoms with Crippen LogP contribution >= 0.6 is 0 Å². The number of imidazole rings is 1. The van der Waals surface area contributed by atoms with E-state index in [1.807, 2.05) is 6.92 Å². The third-order valence-electron chi connectivity index (χ3n) is 4.28. The molecular weight excluding hydrogens is 399 g/mol. The van der Waals surface area contributed by atoms with Gasteiger partial charge < -0.3 is 19.2 Å².